The zero-order chi connectivity index (χ0) is 12.8. The molecule has 1 atom stereocenters. The van der Waals surface area contributed by atoms with E-state index in [2.05, 4.69) is 51.0 Å². The number of aryl methyl sites for hydroxylation is 2. The second kappa shape index (κ2) is 6.58. The van der Waals surface area contributed by atoms with Crippen LogP contribution in [0.3, 0.4) is 0 Å². The molecule has 0 saturated carbocycles. The zero-order valence-corrected chi connectivity index (χ0v) is 11.2. The lowest BCUT2D eigenvalue weighted by Gasteiger charge is -2.16. The topological polar surface area (TPSA) is 38.0 Å². The Hall–Kier alpha value is -1.12. The summed E-state index contributed by atoms with van der Waals surface area (Å²) in [5.41, 5.74) is 8.10. The average molecular weight is 232 g/mol. The van der Waals surface area contributed by atoms with E-state index in [1.807, 2.05) is 0 Å². The minimum Gasteiger partial charge on any atom is -0.271 e. The van der Waals surface area contributed by atoms with Gasteiger partial charge < -0.3 is 0 Å². The summed E-state index contributed by atoms with van der Waals surface area (Å²) in [6.45, 7) is 10.3. The van der Waals surface area contributed by atoms with Crippen molar-refractivity contribution in [3.8, 4) is 0 Å². The van der Waals surface area contributed by atoms with Crippen LogP contribution in [0.2, 0.25) is 0 Å². The van der Waals surface area contributed by atoms with Crippen LogP contribution in [0.4, 0.5) is 0 Å². The van der Waals surface area contributed by atoms with E-state index >= 15 is 0 Å². The van der Waals surface area contributed by atoms with Crippen molar-refractivity contribution in [1.82, 2.24) is 5.43 Å². The molecule has 2 heteroatoms. The van der Waals surface area contributed by atoms with Gasteiger partial charge in [-0.15, -0.1) is 6.58 Å². The maximum Gasteiger partial charge on any atom is 0.0253 e. The Balaban J connectivity index is 2.63. The highest BCUT2D eigenvalue weighted by atomic mass is 15.2. The van der Waals surface area contributed by atoms with Gasteiger partial charge in [0.25, 0.3) is 0 Å². The number of nitrogens with two attached hydrogens (primary N) is 1. The molecule has 17 heavy (non-hydrogen) atoms. The highest BCUT2D eigenvalue weighted by Crippen LogP contribution is 2.13. The molecule has 2 nitrogen and oxygen atoms in total. The van der Waals surface area contributed by atoms with Crippen molar-refractivity contribution in [3.05, 3.63) is 47.0 Å². The Morgan fingerprint density at radius 1 is 1.29 bits per heavy atom. The number of allylic oxidation sites excluding steroid dienone is 1. The Kier molecular flexibility index (Phi) is 5.39. The van der Waals surface area contributed by atoms with Gasteiger partial charge in [0, 0.05) is 6.04 Å². The first-order chi connectivity index (χ1) is 8.01. The number of hydrogen-bond donors (Lipinski definition) is 2. The minimum atomic E-state index is 0.327. The quantitative estimate of drug-likeness (QED) is 0.449. The molecule has 0 fully saturated rings. The smallest absolute Gasteiger partial charge is 0.0253 e. The number of benzene rings is 1. The molecule has 0 spiro atoms. The van der Waals surface area contributed by atoms with Gasteiger partial charge in [-0.2, -0.15) is 0 Å². The molecular formula is C15H24N2. The predicted octanol–water partition coefficient (Wildman–Crippen LogP) is 3.03. The van der Waals surface area contributed by atoms with Crippen LogP contribution in [0.5, 0.6) is 0 Å². The molecule has 0 saturated heterocycles. The fraction of sp³-hybridized carbons (Fsp3) is 0.467. The van der Waals surface area contributed by atoms with E-state index in [1.54, 1.807) is 0 Å². The molecule has 0 amide bonds. The van der Waals surface area contributed by atoms with E-state index in [0.29, 0.717) is 6.04 Å². The summed E-state index contributed by atoms with van der Waals surface area (Å²) < 4.78 is 0. The lowest BCUT2D eigenvalue weighted by molar-refractivity contribution is 0.491. The molecule has 1 aromatic rings. The van der Waals surface area contributed by atoms with Gasteiger partial charge in [-0.05, 0) is 45.6 Å². The van der Waals surface area contributed by atoms with Crippen LogP contribution in [-0.2, 0) is 6.42 Å². The molecular weight excluding hydrogens is 208 g/mol. The van der Waals surface area contributed by atoms with Crippen molar-refractivity contribution in [2.75, 3.05) is 0 Å². The molecule has 1 aromatic carbocycles. The predicted molar refractivity (Wildman–Crippen MR) is 74.8 cm³/mol. The van der Waals surface area contributed by atoms with Crippen LogP contribution in [0, 0.1) is 13.8 Å². The lowest BCUT2D eigenvalue weighted by atomic mass is 9.98. The third-order valence-electron chi connectivity index (χ3n) is 2.92. The Morgan fingerprint density at radius 2 is 1.88 bits per heavy atom. The maximum absolute atomic E-state index is 5.60. The molecule has 94 valence electrons. The molecule has 1 unspecified atom stereocenters. The van der Waals surface area contributed by atoms with Crippen molar-refractivity contribution < 1.29 is 0 Å². The second-order valence-electron chi connectivity index (χ2n) is 5.06. The normalized spacial score (nSPS) is 12.5. The van der Waals surface area contributed by atoms with Crippen LogP contribution in [0.1, 0.15) is 36.5 Å². The summed E-state index contributed by atoms with van der Waals surface area (Å²) in [5.74, 6) is 5.60. The first-order valence-corrected chi connectivity index (χ1v) is 6.19. The van der Waals surface area contributed by atoms with Crippen LogP contribution < -0.4 is 11.3 Å². The number of rotatable bonds is 6. The molecule has 0 aromatic heterocycles. The van der Waals surface area contributed by atoms with Crippen LogP contribution in [0.25, 0.3) is 0 Å². The zero-order valence-electron chi connectivity index (χ0n) is 11.2. The number of hydrogen-bond acceptors (Lipinski definition) is 2. The fourth-order valence-electron chi connectivity index (χ4n) is 2.14. The van der Waals surface area contributed by atoms with Crippen molar-refractivity contribution in [2.45, 2.75) is 46.1 Å². The van der Waals surface area contributed by atoms with Crippen molar-refractivity contribution in [2.24, 2.45) is 5.84 Å². The summed E-state index contributed by atoms with van der Waals surface area (Å²) in [5, 5.41) is 0. The van der Waals surface area contributed by atoms with Gasteiger partial charge in [0.2, 0.25) is 0 Å². The van der Waals surface area contributed by atoms with Crippen molar-refractivity contribution in [3.63, 3.8) is 0 Å². The van der Waals surface area contributed by atoms with Crippen molar-refractivity contribution in [1.29, 1.82) is 0 Å². The molecule has 0 bridgehead atoms. The minimum absolute atomic E-state index is 0.327. The van der Waals surface area contributed by atoms with Crippen molar-refractivity contribution >= 4 is 0 Å². The highest BCUT2D eigenvalue weighted by molar-refractivity contribution is 5.29. The molecule has 0 aliphatic carbocycles. The highest BCUT2D eigenvalue weighted by Gasteiger charge is 2.08. The van der Waals surface area contributed by atoms with Gasteiger partial charge in [0.05, 0.1) is 0 Å². The summed E-state index contributed by atoms with van der Waals surface area (Å²) >= 11 is 0. The Labute approximate surface area is 105 Å². The van der Waals surface area contributed by atoms with E-state index in [0.717, 1.165) is 19.3 Å². The van der Waals surface area contributed by atoms with Crippen LogP contribution in [0.15, 0.2) is 30.4 Å². The number of nitrogens with one attached hydrogen (secondary N) is 1. The molecule has 0 radical (unpaired) electrons. The lowest BCUT2D eigenvalue weighted by Crippen LogP contribution is -2.36. The third kappa shape index (κ3) is 5.16. The van der Waals surface area contributed by atoms with E-state index < -0.39 is 0 Å². The standard InChI is InChI=1S/C15H24N2/c1-11(2)5-6-15(17-16)10-14-8-12(3)7-13(4)9-14/h7-9,15,17H,1,5-6,10,16H2,2-4H3. The van der Waals surface area contributed by atoms with Gasteiger partial charge in [-0.25, -0.2) is 0 Å². The summed E-state index contributed by atoms with van der Waals surface area (Å²) in [6, 6.07) is 6.99. The van der Waals surface area contributed by atoms with Gasteiger partial charge in [-0.3, -0.25) is 11.3 Å². The molecule has 3 N–H and O–H groups in total. The van der Waals surface area contributed by atoms with Crippen LogP contribution >= 0.6 is 0 Å². The van der Waals surface area contributed by atoms with E-state index in [1.165, 1.54) is 22.3 Å². The molecule has 0 aliphatic rings. The Bertz CT molecular complexity index is 362. The maximum atomic E-state index is 5.60. The monoisotopic (exact) mass is 232 g/mol. The van der Waals surface area contributed by atoms with Gasteiger partial charge in [0.15, 0.2) is 0 Å². The summed E-state index contributed by atoms with van der Waals surface area (Å²) in [4.78, 5) is 0. The van der Waals surface area contributed by atoms with Gasteiger partial charge >= 0.3 is 0 Å². The van der Waals surface area contributed by atoms with E-state index in [4.69, 9.17) is 5.84 Å². The average Bonchev–Trinajstić information content (AvgIpc) is 2.22. The first-order valence-electron chi connectivity index (χ1n) is 6.19. The van der Waals surface area contributed by atoms with E-state index in [9.17, 15) is 0 Å². The van der Waals surface area contributed by atoms with Gasteiger partial charge in [-0.1, -0.05) is 34.9 Å². The molecule has 0 aliphatic heterocycles. The second-order valence-corrected chi connectivity index (χ2v) is 5.06. The Morgan fingerprint density at radius 3 is 2.35 bits per heavy atom. The summed E-state index contributed by atoms with van der Waals surface area (Å²) in [6.07, 6.45) is 3.05. The number of hydrazine groups is 1. The largest absolute Gasteiger partial charge is 0.271 e. The summed E-state index contributed by atoms with van der Waals surface area (Å²) in [7, 11) is 0. The molecule has 0 heterocycles. The van der Waals surface area contributed by atoms with E-state index in [-0.39, 0.29) is 0 Å². The van der Waals surface area contributed by atoms with Gasteiger partial charge in [0.1, 0.15) is 0 Å². The van der Waals surface area contributed by atoms with Crippen LogP contribution in [-0.4, -0.2) is 6.04 Å². The SMILES string of the molecule is C=C(C)CCC(Cc1cc(C)cc(C)c1)NN. The third-order valence-corrected chi connectivity index (χ3v) is 2.92. The molecule has 1 rings (SSSR count). The first kappa shape index (κ1) is 13.9. The fourth-order valence-corrected chi connectivity index (χ4v) is 2.14.